The molecule has 0 aromatic rings. The summed E-state index contributed by atoms with van der Waals surface area (Å²) in [4.78, 5) is 3.80. The highest BCUT2D eigenvalue weighted by Gasteiger charge is 1.76. The maximum absolute atomic E-state index is 5.17. The Bertz CT molecular complexity index is 114. The fourth-order valence-electron chi connectivity index (χ4n) is 0.211. The normalized spacial score (nSPS) is 9.62. The first-order valence-electron chi connectivity index (χ1n) is 2.34. The topological polar surface area (TPSA) is 38.4 Å². The first kappa shape index (κ1) is 7.11. The van der Waals surface area contributed by atoms with Crippen LogP contribution in [0.15, 0.2) is 29.9 Å². The fourth-order valence-corrected chi connectivity index (χ4v) is 0.211. The van der Waals surface area contributed by atoms with Crippen molar-refractivity contribution in [1.82, 2.24) is 0 Å². The van der Waals surface area contributed by atoms with Gasteiger partial charge < -0.3 is 5.73 Å². The standard InChI is InChI=1S/C6H10N2/c1-3-4-8-6(2)5-7/h3-4H,1-2,5,7H2. The van der Waals surface area contributed by atoms with E-state index in [1.54, 1.807) is 12.3 Å². The molecule has 0 aromatic carbocycles. The maximum Gasteiger partial charge on any atom is 0.0467 e. The molecule has 44 valence electrons. The Hall–Kier alpha value is -0.890. The molecular formula is C6H10N2. The lowest BCUT2D eigenvalue weighted by Crippen LogP contribution is -1.99. The minimum atomic E-state index is 0.407. The Morgan fingerprint density at radius 2 is 2.38 bits per heavy atom. The fraction of sp³-hybridized carbons (Fsp3) is 0.167. The molecule has 0 heterocycles. The summed E-state index contributed by atoms with van der Waals surface area (Å²) in [6.45, 7) is 7.38. The van der Waals surface area contributed by atoms with Crippen LogP contribution in [0, 0.1) is 0 Å². The van der Waals surface area contributed by atoms with Crippen molar-refractivity contribution in [3.8, 4) is 0 Å². The summed E-state index contributed by atoms with van der Waals surface area (Å²) in [5.41, 5.74) is 5.84. The SMILES string of the molecule is C=CC=NC(=C)CN. The van der Waals surface area contributed by atoms with Gasteiger partial charge in [0, 0.05) is 18.5 Å². The number of allylic oxidation sites excluding steroid dienone is 1. The van der Waals surface area contributed by atoms with E-state index in [-0.39, 0.29) is 0 Å². The van der Waals surface area contributed by atoms with Crippen molar-refractivity contribution in [3.63, 3.8) is 0 Å². The van der Waals surface area contributed by atoms with E-state index in [1.807, 2.05) is 0 Å². The second-order valence-corrected chi connectivity index (χ2v) is 1.28. The van der Waals surface area contributed by atoms with Crippen molar-refractivity contribution < 1.29 is 0 Å². The van der Waals surface area contributed by atoms with E-state index in [9.17, 15) is 0 Å². The monoisotopic (exact) mass is 110 g/mol. The number of rotatable bonds is 3. The van der Waals surface area contributed by atoms with Gasteiger partial charge in [-0.2, -0.15) is 0 Å². The Labute approximate surface area is 49.4 Å². The third-order valence-corrected chi connectivity index (χ3v) is 0.598. The van der Waals surface area contributed by atoms with Gasteiger partial charge in [-0.05, 0) is 0 Å². The van der Waals surface area contributed by atoms with Crippen LogP contribution in [0.5, 0.6) is 0 Å². The Kier molecular flexibility index (Phi) is 3.80. The molecule has 2 N–H and O–H groups in total. The molecule has 8 heavy (non-hydrogen) atoms. The summed E-state index contributed by atoms with van der Waals surface area (Å²) < 4.78 is 0. The molecule has 0 aliphatic heterocycles. The smallest absolute Gasteiger partial charge is 0.0467 e. The van der Waals surface area contributed by atoms with Gasteiger partial charge in [0.15, 0.2) is 0 Å². The maximum atomic E-state index is 5.17. The lowest BCUT2D eigenvalue weighted by molar-refractivity contribution is 1.12. The molecule has 0 spiro atoms. The van der Waals surface area contributed by atoms with Gasteiger partial charge >= 0.3 is 0 Å². The van der Waals surface area contributed by atoms with Crippen LogP contribution in [0.25, 0.3) is 0 Å². The van der Waals surface area contributed by atoms with Crippen molar-refractivity contribution in [3.05, 3.63) is 24.9 Å². The highest BCUT2D eigenvalue weighted by atomic mass is 14.8. The molecule has 0 saturated carbocycles. The number of hydrogen-bond donors (Lipinski definition) is 1. The Balaban J connectivity index is 3.52. The minimum Gasteiger partial charge on any atom is -0.325 e. The first-order valence-corrected chi connectivity index (χ1v) is 2.34. The third kappa shape index (κ3) is 3.31. The quantitative estimate of drug-likeness (QED) is 0.534. The lowest BCUT2D eigenvalue weighted by Gasteiger charge is -1.86. The second-order valence-electron chi connectivity index (χ2n) is 1.28. The molecular weight excluding hydrogens is 100 g/mol. The van der Waals surface area contributed by atoms with Crippen LogP contribution in [0.2, 0.25) is 0 Å². The van der Waals surface area contributed by atoms with E-state index in [1.165, 1.54) is 0 Å². The van der Waals surface area contributed by atoms with Crippen molar-refractivity contribution in [1.29, 1.82) is 0 Å². The minimum absolute atomic E-state index is 0.407. The molecule has 2 heteroatoms. The highest BCUT2D eigenvalue weighted by molar-refractivity contribution is 5.71. The van der Waals surface area contributed by atoms with Gasteiger partial charge in [-0.15, -0.1) is 0 Å². The predicted molar refractivity (Wildman–Crippen MR) is 36.9 cm³/mol. The Morgan fingerprint density at radius 1 is 1.75 bits per heavy atom. The molecule has 0 aliphatic carbocycles. The molecule has 0 aliphatic rings. The summed E-state index contributed by atoms with van der Waals surface area (Å²) in [6.07, 6.45) is 3.15. The average molecular weight is 110 g/mol. The molecule has 0 fully saturated rings. The largest absolute Gasteiger partial charge is 0.325 e. The van der Waals surface area contributed by atoms with E-state index < -0.39 is 0 Å². The first-order chi connectivity index (χ1) is 3.81. The number of hydrogen-bond acceptors (Lipinski definition) is 2. The van der Waals surface area contributed by atoms with Crippen LogP contribution in [0.1, 0.15) is 0 Å². The van der Waals surface area contributed by atoms with Crippen molar-refractivity contribution in [2.45, 2.75) is 0 Å². The van der Waals surface area contributed by atoms with E-state index in [0.717, 1.165) is 0 Å². The molecule has 0 saturated heterocycles. The lowest BCUT2D eigenvalue weighted by atomic mass is 10.5. The highest BCUT2D eigenvalue weighted by Crippen LogP contribution is 1.83. The van der Waals surface area contributed by atoms with Crippen molar-refractivity contribution in [2.24, 2.45) is 10.7 Å². The second kappa shape index (κ2) is 4.27. The number of nitrogens with two attached hydrogens (primary N) is 1. The third-order valence-electron chi connectivity index (χ3n) is 0.598. The number of nitrogens with zero attached hydrogens (tertiary/aromatic N) is 1. The molecule has 0 unspecified atom stereocenters. The van der Waals surface area contributed by atoms with Gasteiger partial charge in [0.2, 0.25) is 0 Å². The molecule has 0 radical (unpaired) electrons. The predicted octanol–water partition coefficient (Wildman–Crippen LogP) is 0.716. The van der Waals surface area contributed by atoms with Gasteiger partial charge in [-0.1, -0.05) is 19.2 Å². The van der Waals surface area contributed by atoms with Gasteiger partial charge in [-0.3, -0.25) is 4.99 Å². The van der Waals surface area contributed by atoms with Crippen LogP contribution in [0.4, 0.5) is 0 Å². The summed E-state index contributed by atoms with van der Waals surface area (Å²) in [7, 11) is 0. The molecule has 0 rings (SSSR count). The van der Waals surface area contributed by atoms with Gasteiger partial charge in [0.1, 0.15) is 0 Å². The molecule has 0 atom stereocenters. The van der Waals surface area contributed by atoms with Gasteiger partial charge in [0.05, 0.1) is 0 Å². The molecule has 0 aromatic heterocycles. The summed E-state index contributed by atoms with van der Waals surface area (Å²) in [6, 6.07) is 0. The van der Waals surface area contributed by atoms with Crippen LogP contribution in [-0.2, 0) is 0 Å². The zero-order valence-corrected chi connectivity index (χ0v) is 4.80. The van der Waals surface area contributed by atoms with Crippen LogP contribution in [0.3, 0.4) is 0 Å². The van der Waals surface area contributed by atoms with Crippen molar-refractivity contribution >= 4 is 6.21 Å². The summed E-state index contributed by atoms with van der Waals surface area (Å²) >= 11 is 0. The molecule has 0 amide bonds. The Morgan fingerprint density at radius 3 is 2.75 bits per heavy atom. The van der Waals surface area contributed by atoms with Crippen LogP contribution in [-0.4, -0.2) is 12.8 Å². The zero-order chi connectivity index (χ0) is 6.41. The van der Waals surface area contributed by atoms with E-state index >= 15 is 0 Å². The van der Waals surface area contributed by atoms with Gasteiger partial charge in [0.25, 0.3) is 0 Å². The van der Waals surface area contributed by atoms with E-state index in [0.29, 0.717) is 12.2 Å². The van der Waals surface area contributed by atoms with E-state index in [2.05, 4.69) is 18.2 Å². The summed E-state index contributed by atoms with van der Waals surface area (Å²) in [5, 5.41) is 0. The van der Waals surface area contributed by atoms with Crippen molar-refractivity contribution in [2.75, 3.05) is 6.54 Å². The zero-order valence-electron chi connectivity index (χ0n) is 4.80. The average Bonchev–Trinajstić information content (AvgIpc) is 1.83. The molecule has 0 bridgehead atoms. The van der Waals surface area contributed by atoms with Crippen LogP contribution >= 0.6 is 0 Å². The van der Waals surface area contributed by atoms with Gasteiger partial charge in [-0.25, -0.2) is 0 Å². The summed E-state index contributed by atoms with van der Waals surface area (Å²) in [5.74, 6) is 0. The number of aliphatic imine (C=N–C) groups is 1. The van der Waals surface area contributed by atoms with E-state index in [4.69, 9.17) is 5.73 Å². The molecule has 2 nitrogen and oxygen atoms in total. The van der Waals surface area contributed by atoms with Crippen LogP contribution < -0.4 is 5.73 Å².